The van der Waals surface area contributed by atoms with Crippen LogP contribution < -0.4 is 0 Å². The molecule has 3 nitrogen and oxygen atoms in total. The average Bonchev–Trinajstić information content (AvgIpc) is 2.87. The predicted octanol–water partition coefficient (Wildman–Crippen LogP) is 3.32. The van der Waals surface area contributed by atoms with Crippen LogP contribution in [-0.2, 0) is 13.2 Å². The molecule has 4 heteroatoms. The molecule has 0 radical (unpaired) electrons. The highest BCUT2D eigenvalue weighted by molar-refractivity contribution is 7.99. The molecule has 1 aromatic carbocycles. The van der Waals surface area contributed by atoms with E-state index in [9.17, 15) is 5.11 Å². The van der Waals surface area contributed by atoms with Gasteiger partial charge in [-0.25, -0.2) is 4.98 Å². The summed E-state index contributed by atoms with van der Waals surface area (Å²) in [6.45, 7) is 0.939. The van der Waals surface area contributed by atoms with Crippen LogP contribution in [0.15, 0.2) is 59.8 Å². The predicted molar refractivity (Wildman–Crippen MR) is 82.8 cm³/mol. The molecule has 20 heavy (non-hydrogen) atoms. The van der Waals surface area contributed by atoms with Gasteiger partial charge in [0.25, 0.3) is 0 Å². The first-order valence-corrected chi connectivity index (χ1v) is 7.58. The van der Waals surface area contributed by atoms with E-state index in [1.807, 2.05) is 36.2 Å². The Balaban J connectivity index is 1.74. The Kier molecular flexibility index (Phi) is 4.04. The first-order valence-electron chi connectivity index (χ1n) is 6.60. The number of benzene rings is 1. The van der Waals surface area contributed by atoms with Crippen molar-refractivity contribution in [2.45, 2.75) is 18.0 Å². The van der Waals surface area contributed by atoms with Gasteiger partial charge in [0.15, 0.2) is 0 Å². The van der Waals surface area contributed by atoms with E-state index in [4.69, 9.17) is 0 Å². The number of aromatic nitrogens is 2. The van der Waals surface area contributed by atoms with Gasteiger partial charge >= 0.3 is 0 Å². The molecule has 0 aliphatic rings. The normalized spacial score (nSPS) is 11.1. The number of fused-ring (bicyclic) bond motifs is 1. The largest absolute Gasteiger partial charge is 0.392 e. The molecule has 1 N–H and O–H groups in total. The summed E-state index contributed by atoms with van der Waals surface area (Å²) < 4.78 is 2.12. The molecule has 0 aliphatic heterocycles. The number of rotatable bonds is 5. The van der Waals surface area contributed by atoms with Crippen molar-refractivity contribution in [2.24, 2.45) is 0 Å². The van der Waals surface area contributed by atoms with Crippen molar-refractivity contribution in [1.82, 2.24) is 9.55 Å². The van der Waals surface area contributed by atoms with E-state index in [2.05, 4.69) is 33.8 Å². The number of thioether (sulfide) groups is 1. The van der Waals surface area contributed by atoms with Gasteiger partial charge in [0, 0.05) is 40.5 Å². The van der Waals surface area contributed by atoms with Crippen LogP contribution in [0.4, 0.5) is 0 Å². The van der Waals surface area contributed by atoms with Crippen molar-refractivity contribution < 1.29 is 5.11 Å². The molecule has 0 amide bonds. The van der Waals surface area contributed by atoms with E-state index in [-0.39, 0.29) is 6.61 Å². The molecule has 3 rings (SSSR count). The van der Waals surface area contributed by atoms with Gasteiger partial charge < -0.3 is 9.67 Å². The third-order valence-electron chi connectivity index (χ3n) is 3.23. The van der Waals surface area contributed by atoms with E-state index >= 15 is 0 Å². The molecule has 0 spiro atoms. The maximum atomic E-state index is 9.41. The van der Waals surface area contributed by atoms with Gasteiger partial charge in [0.05, 0.1) is 6.61 Å². The summed E-state index contributed by atoms with van der Waals surface area (Å²) in [4.78, 5) is 5.70. The second kappa shape index (κ2) is 6.11. The summed E-state index contributed by atoms with van der Waals surface area (Å²) in [5.74, 6) is 0.981. The quantitative estimate of drug-likeness (QED) is 0.730. The molecule has 0 fully saturated rings. The zero-order valence-electron chi connectivity index (χ0n) is 11.1. The molecule has 0 saturated heterocycles. The minimum Gasteiger partial charge on any atom is -0.392 e. The van der Waals surface area contributed by atoms with Crippen LogP contribution in [0.2, 0.25) is 0 Å². The first kappa shape index (κ1) is 13.2. The third-order valence-corrected chi connectivity index (χ3v) is 4.22. The van der Waals surface area contributed by atoms with Crippen LogP contribution in [-0.4, -0.2) is 20.4 Å². The van der Waals surface area contributed by atoms with Gasteiger partial charge in [-0.15, -0.1) is 11.8 Å². The number of pyridine rings is 1. The molecule has 0 aliphatic carbocycles. The number of aliphatic hydroxyl groups is 1. The summed E-state index contributed by atoms with van der Waals surface area (Å²) >= 11 is 1.83. The van der Waals surface area contributed by atoms with Gasteiger partial charge in [0.1, 0.15) is 5.65 Å². The molecule has 2 aromatic heterocycles. The number of nitrogens with zero attached hydrogens (tertiary/aromatic N) is 2. The second-order valence-electron chi connectivity index (χ2n) is 4.54. The monoisotopic (exact) mass is 284 g/mol. The van der Waals surface area contributed by atoms with Crippen LogP contribution in [0.5, 0.6) is 0 Å². The minimum absolute atomic E-state index is 0.0566. The summed E-state index contributed by atoms with van der Waals surface area (Å²) in [5.41, 5.74) is 1.89. The molecule has 0 bridgehead atoms. The highest BCUT2D eigenvalue weighted by atomic mass is 32.2. The summed E-state index contributed by atoms with van der Waals surface area (Å²) in [6.07, 6.45) is 3.80. The summed E-state index contributed by atoms with van der Waals surface area (Å²) in [5, 5.41) is 10.4. The molecule has 2 heterocycles. The topological polar surface area (TPSA) is 38.0 Å². The average molecular weight is 284 g/mol. The zero-order valence-corrected chi connectivity index (χ0v) is 11.9. The number of aliphatic hydroxyl groups excluding tert-OH is 1. The van der Waals surface area contributed by atoms with E-state index in [0.717, 1.165) is 28.9 Å². The molecule has 3 aromatic rings. The molecule has 0 atom stereocenters. The summed E-state index contributed by atoms with van der Waals surface area (Å²) in [7, 11) is 0. The lowest BCUT2D eigenvalue weighted by Gasteiger charge is -2.04. The van der Waals surface area contributed by atoms with Gasteiger partial charge in [-0.3, -0.25) is 0 Å². The standard InChI is InChI=1S/C16H16N2OS/c19-12-13-11-18(16-15(13)7-4-8-17-16)9-10-20-14-5-2-1-3-6-14/h1-8,11,19H,9-10,12H2. The van der Waals surface area contributed by atoms with Crippen molar-refractivity contribution >= 4 is 22.8 Å². The Hall–Kier alpha value is -1.78. The fraction of sp³-hybridized carbons (Fsp3) is 0.188. The van der Waals surface area contributed by atoms with Crippen molar-refractivity contribution in [3.8, 4) is 0 Å². The lowest BCUT2D eigenvalue weighted by atomic mass is 10.2. The first-order chi connectivity index (χ1) is 9.88. The number of hydrogen-bond donors (Lipinski definition) is 1. The van der Waals surface area contributed by atoms with Crippen LogP contribution in [0, 0.1) is 0 Å². The van der Waals surface area contributed by atoms with Gasteiger partial charge in [-0.2, -0.15) is 0 Å². The van der Waals surface area contributed by atoms with Crippen molar-refractivity contribution in [3.05, 3.63) is 60.4 Å². The Bertz CT molecular complexity index is 694. The molecule has 102 valence electrons. The fourth-order valence-corrected chi connectivity index (χ4v) is 3.14. The second-order valence-corrected chi connectivity index (χ2v) is 5.71. The van der Waals surface area contributed by atoms with Crippen molar-refractivity contribution in [3.63, 3.8) is 0 Å². The highest BCUT2D eigenvalue weighted by Crippen LogP contribution is 2.21. The van der Waals surface area contributed by atoms with Crippen molar-refractivity contribution in [2.75, 3.05) is 5.75 Å². The maximum Gasteiger partial charge on any atom is 0.140 e. The zero-order chi connectivity index (χ0) is 13.8. The van der Waals surface area contributed by atoms with Gasteiger partial charge in [-0.05, 0) is 24.3 Å². The van der Waals surface area contributed by atoms with Crippen LogP contribution >= 0.6 is 11.8 Å². The van der Waals surface area contributed by atoms with Crippen LogP contribution in [0.1, 0.15) is 5.56 Å². The highest BCUT2D eigenvalue weighted by Gasteiger charge is 2.08. The smallest absolute Gasteiger partial charge is 0.140 e. The SMILES string of the molecule is OCc1cn(CCSc2ccccc2)c2ncccc12. The Labute approximate surface area is 122 Å². The molecule has 0 saturated carbocycles. The molecular formula is C16H16N2OS. The Morgan fingerprint density at radius 3 is 2.75 bits per heavy atom. The maximum absolute atomic E-state index is 9.41. The van der Waals surface area contributed by atoms with E-state index in [1.165, 1.54) is 4.90 Å². The van der Waals surface area contributed by atoms with Crippen LogP contribution in [0.3, 0.4) is 0 Å². The number of aryl methyl sites for hydroxylation is 1. The molecule has 0 unspecified atom stereocenters. The molecular weight excluding hydrogens is 268 g/mol. The van der Waals surface area contributed by atoms with E-state index in [1.54, 1.807) is 6.20 Å². The Morgan fingerprint density at radius 2 is 1.95 bits per heavy atom. The van der Waals surface area contributed by atoms with E-state index < -0.39 is 0 Å². The summed E-state index contributed by atoms with van der Waals surface area (Å²) in [6, 6.07) is 14.3. The van der Waals surface area contributed by atoms with Gasteiger partial charge in [0.2, 0.25) is 0 Å². The fourth-order valence-electron chi connectivity index (χ4n) is 2.27. The lowest BCUT2D eigenvalue weighted by molar-refractivity contribution is 0.283. The lowest BCUT2D eigenvalue weighted by Crippen LogP contribution is -1.99. The van der Waals surface area contributed by atoms with E-state index in [0.29, 0.717) is 0 Å². The Morgan fingerprint density at radius 1 is 1.10 bits per heavy atom. The van der Waals surface area contributed by atoms with Crippen molar-refractivity contribution in [1.29, 1.82) is 0 Å². The van der Waals surface area contributed by atoms with Crippen LogP contribution in [0.25, 0.3) is 11.0 Å². The van der Waals surface area contributed by atoms with Gasteiger partial charge in [-0.1, -0.05) is 18.2 Å². The third kappa shape index (κ3) is 2.71. The number of hydrogen-bond acceptors (Lipinski definition) is 3. The minimum atomic E-state index is 0.0566.